The monoisotopic (exact) mass is 280 g/mol. The van der Waals surface area contributed by atoms with Gasteiger partial charge < -0.3 is 20.5 Å². The molecule has 0 spiro atoms. The summed E-state index contributed by atoms with van der Waals surface area (Å²) in [5.74, 6) is 0.532. The predicted octanol–water partition coefficient (Wildman–Crippen LogP) is 1.59. The molecule has 1 rings (SSSR count). The Labute approximate surface area is 120 Å². The maximum atomic E-state index is 10.8. The van der Waals surface area contributed by atoms with Crippen LogP contribution in [0, 0.1) is 0 Å². The van der Waals surface area contributed by atoms with E-state index >= 15 is 0 Å². The highest BCUT2D eigenvalue weighted by molar-refractivity contribution is 5.74. The van der Waals surface area contributed by atoms with Crippen LogP contribution in [0.15, 0.2) is 18.2 Å². The number of ether oxygens (including phenoxy) is 2. The van der Waals surface area contributed by atoms with Gasteiger partial charge in [-0.05, 0) is 31.5 Å². The average molecular weight is 280 g/mol. The molecule has 0 unspecified atom stereocenters. The van der Waals surface area contributed by atoms with E-state index in [-0.39, 0.29) is 11.9 Å². The van der Waals surface area contributed by atoms with Gasteiger partial charge in [0.2, 0.25) is 5.91 Å². The number of rotatable bonds is 9. The summed E-state index contributed by atoms with van der Waals surface area (Å²) in [5.41, 5.74) is 7.31. The Morgan fingerprint density at radius 2 is 2.20 bits per heavy atom. The molecular formula is C15H24N2O3. The number of carbonyl (C=O) groups excluding carboxylic acids is 1. The third-order valence-corrected chi connectivity index (χ3v) is 2.97. The lowest BCUT2D eigenvalue weighted by atomic mass is 10.1. The highest BCUT2D eigenvalue weighted by atomic mass is 16.5. The van der Waals surface area contributed by atoms with E-state index in [9.17, 15) is 4.79 Å². The van der Waals surface area contributed by atoms with Crippen LogP contribution in [0.1, 0.15) is 31.4 Å². The second-order valence-corrected chi connectivity index (χ2v) is 4.74. The zero-order valence-electron chi connectivity index (χ0n) is 12.4. The Hall–Kier alpha value is -1.59. The standard InChI is InChI=1S/C15H24N2O3/c1-4-20-10-13-8-12(5-6-14(13)19-3)9-17-11(2)7-15(16)18/h5-6,8,11,17H,4,7,9-10H2,1-3H3,(H2,16,18)/t11-/m1/s1. The lowest BCUT2D eigenvalue weighted by molar-refractivity contribution is -0.118. The molecule has 0 aliphatic rings. The highest BCUT2D eigenvalue weighted by Gasteiger charge is 2.08. The average Bonchev–Trinajstić information content (AvgIpc) is 2.42. The maximum Gasteiger partial charge on any atom is 0.218 e. The molecule has 3 N–H and O–H groups in total. The normalized spacial score (nSPS) is 12.2. The smallest absolute Gasteiger partial charge is 0.218 e. The second kappa shape index (κ2) is 8.55. The molecular weight excluding hydrogens is 256 g/mol. The predicted molar refractivity (Wildman–Crippen MR) is 78.4 cm³/mol. The molecule has 0 radical (unpaired) electrons. The lowest BCUT2D eigenvalue weighted by Gasteiger charge is -2.14. The van der Waals surface area contributed by atoms with E-state index in [1.807, 2.05) is 26.0 Å². The van der Waals surface area contributed by atoms with Crippen LogP contribution in [0.25, 0.3) is 0 Å². The SMILES string of the molecule is CCOCc1cc(CN[C@H](C)CC(N)=O)ccc1OC. The molecule has 1 aromatic carbocycles. The van der Waals surface area contributed by atoms with Crippen molar-refractivity contribution < 1.29 is 14.3 Å². The molecule has 0 aromatic heterocycles. The van der Waals surface area contributed by atoms with Crippen molar-refractivity contribution in [1.82, 2.24) is 5.32 Å². The van der Waals surface area contributed by atoms with Crippen molar-refractivity contribution in [3.63, 3.8) is 0 Å². The second-order valence-electron chi connectivity index (χ2n) is 4.74. The quantitative estimate of drug-likeness (QED) is 0.720. The van der Waals surface area contributed by atoms with Gasteiger partial charge in [-0.2, -0.15) is 0 Å². The van der Waals surface area contributed by atoms with Crippen LogP contribution < -0.4 is 15.8 Å². The van der Waals surface area contributed by atoms with Crippen LogP contribution in [0.5, 0.6) is 5.75 Å². The Kier molecular flexibility index (Phi) is 7.04. The molecule has 0 saturated carbocycles. The summed E-state index contributed by atoms with van der Waals surface area (Å²) in [7, 11) is 1.65. The number of hydrogen-bond donors (Lipinski definition) is 2. The van der Waals surface area contributed by atoms with Gasteiger partial charge in [-0.3, -0.25) is 4.79 Å². The molecule has 20 heavy (non-hydrogen) atoms. The summed E-state index contributed by atoms with van der Waals surface area (Å²) < 4.78 is 10.7. The number of nitrogens with one attached hydrogen (secondary N) is 1. The highest BCUT2D eigenvalue weighted by Crippen LogP contribution is 2.21. The number of benzene rings is 1. The van der Waals surface area contributed by atoms with Crippen molar-refractivity contribution in [3.8, 4) is 5.75 Å². The van der Waals surface area contributed by atoms with Crippen LogP contribution in [0.2, 0.25) is 0 Å². The number of methoxy groups -OCH3 is 1. The largest absolute Gasteiger partial charge is 0.496 e. The van der Waals surface area contributed by atoms with Crippen molar-refractivity contribution >= 4 is 5.91 Å². The van der Waals surface area contributed by atoms with Crippen LogP contribution >= 0.6 is 0 Å². The van der Waals surface area contributed by atoms with Gasteiger partial charge in [0.15, 0.2) is 0 Å². The van der Waals surface area contributed by atoms with Gasteiger partial charge in [-0.25, -0.2) is 0 Å². The maximum absolute atomic E-state index is 10.8. The lowest BCUT2D eigenvalue weighted by Crippen LogP contribution is -2.30. The Morgan fingerprint density at radius 1 is 1.45 bits per heavy atom. The minimum absolute atomic E-state index is 0.0601. The van der Waals surface area contributed by atoms with E-state index in [4.69, 9.17) is 15.2 Å². The van der Waals surface area contributed by atoms with Gasteiger partial charge in [-0.1, -0.05) is 6.07 Å². The van der Waals surface area contributed by atoms with E-state index in [1.165, 1.54) is 0 Å². The first-order valence-electron chi connectivity index (χ1n) is 6.82. The fourth-order valence-electron chi connectivity index (χ4n) is 1.93. The fraction of sp³-hybridized carbons (Fsp3) is 0.533. The first-order valence-corrected chi connectivity index (χ1v) is 6.82. The minimum atomic E-state index is -0.295. The molecule has 1 amide bonds. The zero-order valence-corrected chi connectivity index (χ0v) is 12.4. The first-order chi connectivity index (χ1) is 9.56. The Balaban J connectivity index is 2.63. The van der Waals surface area contributed by atoms with E-state index < -0.39 is 0 Å². The van der Waals surface area contributed by atoms with Crippen LogP contribution in [0.4, 0.5) is 0 Å². The van der Waals surface area contributed by atoms with Crippen molar-refractivity contribution in [2.45, 2.75) is 39.5 Å². The number of nitrogens with two attached hydrogens (primary N) is 1. The Bertz CT molecular complexity index is 435. The summed E-state index contributed by atoms with van der Waals surface area (Å²) in [6, 6.07) is 6.05. The van der Waals surface area contributed by atoms with Crippen LogP contribution in [-0.4, -0.2) is 25.7 Å². The molecule has 0 aliphatic heterocycles. The van der Waals surface area contributed by atoms with Crippen molar-refractivity contribution in [2.75, 3.05) is 13.7 Å². The van der Waals surface area contributed by atoms with E-state index in [2.05, 4.69) is 11.4 Å². The first kappa shape index (κ1) is 16.5. The molecule has 5 nitrogen and oxygen atoms in total. The van der Waals surface area contributed by atoms with Crippen molar-refractivity contribution in [1.29, 1.82) is 0 Å². The van der Waals surface area contributed by atoms with Gasteiger partial charge in [0.05, 0.1) is 13.7 Å². The molecule has 1 aromatic rings. The van der Waals surface area contributed by atoms with Gasteiger partial charge in [0.25, 0.3) is 0 Å². The summed E-state index contributed by atoms with van der Waals surface area (Å²) in [6.45, 7) is 5.78. The van der Waals surface area contributed by atoms with Gasteiger partial charge in [0.1, 0.15) is 5.75 Å². The summed E-state index contributed by atoms with van der Waals surface area (Å²) in [5, 5.41) is 3.27. The molecule has 0 heterocycles. The molecule has 0 bridgehead atoms. The Morgan fingerprint density at radius 3 is 2.80 bits per heavy atom. The number of primary amides is 1. The van der Waals surface area contributed by atoms with E-state index in [1.54, 1.807) is 7.11 Å². The van der Waals surface area contributed by atoms with E-state index in [0.717, 1.165) is 16.9 Å². The van der Waals surface area contributed by atoms with Crippen molar-refractivity contribution in [3.05, 3.63) is 29.3 Å². The summed E-state index contributed by atoms with van der Waals surface area (Å²) >= 11 is 0. The zero-order chi connectivity index (χ0) is 15.0. The van der Waals surface area contributed by atoms with Crippen LogP contribution in [0.3, 0.4) is 0 Å². The minimum Gasteiger partial charge on any atom is -0.496 e. The molecule has 0 fully saturated rings. The van der Waals surface area contributed by atoms with Crippen LogP contribution in [-0.2, 0) is 22.7 Å². The number of hydrogen-bond acceptors (Lipinski definition) is 4. The van der Waals surface area contributed by atoms with Gasteiger partial charge in [-0.15, -0.1) is 0 Å². The topological polar surface area (TPSA) is 73.6 Å². The molecule has 0 aliphatic carbocycles. The van der Waals surface area contributed by atoms with E-state index in [0.29, 0.717) is 26.2 Å². The number of carbonyl (C=O) groups is 1. The van der Waals surface area contributed by atoms with Crippen molar-refractivity contribution in [2.24, 2.45) is 5.73 Å². The fourth-order valence-corrected chi connectivity index (χ4v) is 1.93. The third-order valence-electron chi connectivity index (χ3n) is 2.97. The molecule has 0 saturated heterocycles. The molecule has 112 valence electrons. The van der Waals surface area contributed by atoms with Gasteiger partial charge >= 0.3 is 0 Å². The molecule has 5 heteroatoms. The summed E-state index contributed by atoms with van der Waals surface area (Å²) in [4.78, 5) is 10.8. The third kappa shape index (κ3) is 5.59. The summed E-state index contributed by atoms with van der Waals surface area (Å²) in [6.07, 6.45) is 0.335. The molecule has 1 atom stereocenters. The van der Waals surface area contributed by atoms with Gasteiger partial charge in [0, 0.05) is 31.2 Å². The number of amides is 1.